The van der Waals surface area contributed by atoms with Gasteiger partial charge in [-0.05, 0) is 58.0 Å². The quantitative estimate of drug-likeness (QED) is 0.834. The number of aliphatic hydroxyl groups is 1. The van der Waals surface area contributed by atoms with E-state index in [1.807, 2.05) is 0 Å². The fourth-order valence-electron chi connectivity index (χ4n) is 4.52. The summed E-state index contributed by atoms with van der Waals surface area (Å²) in [7, 11) is 0. The molecular weight excluding hydrogens is 246 g/mol. The molecule has 1 aliphatic heterocycles. The lowest BCUT2D eigenvalue weighted by molar-refractivity contribution is -0.0657. The molecule has 3 unspecified atom stereocenters. The summed E-state index contributed by atoms with van der Waals surface area (Å²) in [6.45, 7) is 9.21. The molecule has 1 aliphatic carbocycles. The van der Waals surface area contributed by atoms with Gasteiger partial charge in [-0.15, -0.1) is 0 Å². The number of hydrogen-bond acceptors (Lipinski definition) is 2. The zero-order valence-corrected chi connectivity index (χ0v) is 13.9. The van der Waals surface area contributed by atoms with Gasteiger partial charge in [0.05, 0.1) is 6.10 Å². The first kappa shape index (κ1) is 16.3. The Morgan fingerprint density at radius 3 is 2.20 bits per heavy atom. The third kappa shape index (κ3) is 3.57. The van der Waals surface area contributed by atoms with E-state index in [-0.39, 0.29) is 11.6 Å². The highest BCUT2D eigenvalue weighted by molar-refractivity contribution is 4.95. The zero-order valence-electron chi connectivity index (χ0n) is 13.9. The van der Waals surface area contributed by atoms with Gasteiger partial charge in [0.15, 0.2) is 0 Å². The Labute approximate surface area is 125 Å². The van der Waals surface area contributed by atoms with Crippen molar-refractivity contribution in [2.45, 2.75) is 90.2 Å². The summed E-state index contributed by atoms with van der Waals surface area (Å²) in [5.41, 5.74) is -0.0558. The van der Waals surface area contributed by atoms with Crippen molar-refractivity contribution in [3.05, 3.63) is 0 Å². The van der Waals surface area contributed by atoms with Crippen LogP contribution in [0.3, 0.4) is 0 Å². The largest absolute Gasteiger partial charge is 0.391 e. The molecular formula is C18H35NO. The molecule has 3 atom stereocenters. The lowest BCUT2D eigenvalue weighted by atomic mass is 9.70. The van der Waals surface area contributed by atoms with Crippen molar-refractivity contribution >= 4 is 0 Å². The molecule has 0 radical (unpaired) electrons. The fraction of sp³-hybridized carbons (Fsp3) is 1.00. The predicted octanol–water partition coefficient (Wildman–Crippen LogP) is 4.22. The minimum absolute atomic E-state index is 0.0558. The first-order chi connectivity index (χ1) is 9.57. The molecule has 2 nitrogen and oxygen atoms in total. The molecule has 2 heteroatoms. The van der Waals surface area contributed by atoms with Gasteiger partial charge in [-0.3, -0.25) is 4.90 Å². The Morgan fingerprint density at radius 1 is 1.00 bits per heavy atom. The van der Waals surface area contributed by atoms with E-state index < -0.39 is 0 Å². The van der Waals surface area contributed by atoms with Gasteiger partial charge in [0.1, 0.15) is 0 Å². The summed E-state index contributed by atoms with van der Waals surface area (Å²) >= 11 is 0. The van der Waals surface area contributed by atoms with Crippen molar-refractivity contribution in [1.29, 1.82) is 0 Å². The van der Waals surface area contributed by atoms with E-state index in [9.17, 15) is 5.11 Å². The fourth-order valence-corrected chi connectivity index (χ4v) is 4.52. The normalized spacial score (nSPS) is 31.8. The van der Waals surface area contributed by atoms with Gasteiger partial charge in [0, 0.05) is 5.54 Å². The van der Waals surface area contributed by atoms with Gasteiger partial charge in [0.25, 0.3) is 0 Å². The monoisotopic (exact) mass is 281 g/mol. The molecule has 0 aromatic carbocycles. The van der Waals surface area contributed by atoms with E-state index in [1.54, 1.807) is 0 Å². The van der Waals surface area contributed by atoms with E-state index in [2.05, 4.69) is 25.7 Å². The van der Waals surface area contributed by atoms with E-state index in [1.165, 1.54) is 70.9 Å². The van der Waals surface area contributed by atoms with Crippen molar-refractivity contribution in [3.63, 3.8) is 0 Å². The van der Waals surface area contributed by atoms with Crippen LogP contribution in [-0.2, 0) is 0 Å². The Kier molecular flexibility index (Phi) is 5.92. The molecule has 1 N–H and O–H groups in total. The number of rotatable bonds is 4. The smallest absolute Gasteiger partial charge is 0.0749 e. The molecule has 0 amide bonds. The van der Waals surface area contributed by atoms with Crippen molar-refractivity contribution in [3.8, 4) is 0 Å². The molecule has 20 heavy (non-hydrogen) atoms. The summed E-state index contributed by atoms with van der Waals surface area (Å²) in [5, 5.41) is 11.1. The number of likely N-dealkylation sites (tertiary alicyclic amines) is 1. The van der Waals surface area contributed by atoms with Gasteiger partial charge >= 0.3 is 0 Å². The molecule has 2 fully saturated rings. The maximum atomic E-state index is 11.1. The second-order valence-electron chi connectivity index (χ2n) is 7.62. The molecule has 2 rings (SSSR count). The van der Waals surface area contributed by atoms with E-state index in [4.69, 9.17) is 0 Å². The Morgan fingerprint density at radius 2 is 1.60 bits per heavy atom. The SMILES string of the molecule is CCC1CCCCC1C(O)C(C)(C)N1CCCCCC1. The van der Waals surface area contributed by atoms with Gasteiger partial charge in [-0.2, -0.15) is 0 Å². The van der Waals surface area contributed by atoms with Gasteiger partial charge < -0.3 is 5.11 Å². The van der Waals surface area contributed by atoms with Crippen molar-refractivity contribution in [2.24, 2.45) is 11.8 Å². The van der Waals surface area contributed by atoms with Crippen molar-refractivity contribution in [1.82, 2.24) is 4.90 Å². The molecule has 0 spiro atoms. The summed E-state index contributed by atoms with van der Waals surface area (Å²) in [5.74, 6) is 1.26. The Balaban J connectivity index is 2.05. The number of nitrogens with zero attached hydrogens (tertiary/aromatic N) is 1. The predicted molar refractivity (Wildman–Crippen MR) is 85.9 cm³/mol. The number of hydrogen-bond donors (Lipinski definition) is 1. The molecule has 2 aliphatic rings. The average Bonchev–Trinajstić information content (AvgIpc) is 2.76. The molecule has 0 aromatic heterocycles. The van der Waals surface area contributed by atoms with Crippen LogP contribution in [0, 0.1) is 11.8 Å². The van der Waals surface area contributed by atoms with Gasteiger partial charge in [-0.1, -0.05) is 45.4 Å². The van der Waals surface area contributed by atoms with E-state index >= 15 is 0 Å². The molecule has 1 saturated carbocycles. The topological polar surface area (TPSA) is 23.5 Å². The minimum Gasteiger partial charge on any atom is -0.391 e. The zero-order chi connectivity index (χ0) is 14.6. The summed E-state index contributed by atoms with van der Waals surface area (Å²) in [6, 6.07) is 0. The summed E-state index contributed by atoms with van der Waals surface area (Å²) in [6.07, 6.45) is 11.7. The second-order valence-corrected chi connectivity index (χ2v) is 7.62. The van der Waals surface area contributed by atoms with Crippen molar-refractivity contribution in [2.75, 3.05) is 13.1 Å². The van der Waals surface area contributed by atoms with Crippen LogP contribution in [0.4, 0.5) is 0 Å². The summed E-state index contributed by atoms with van der Waals surface area (Å²) < 4.78 is 0. The van der Waals surface area contributed by atoms with Crippen LogP contribution in [0.15, 0.2) is 0 Å². The number of aliphatic hydroxyl groups excluding tert-OH is 1. The van der Waals surface area contributed by atoms with Crippen LogP contribution in [0.25, 0.3) is 0 Å². The highest BCUT2D eigenvalue weighted by Crippen LogP contribution is 2.39. The van der Waals surface area contributed by atoms with Crippen LogP contribution in [0.1, 0.15) is 78.6 Å². The van der Waals surface area contributed by atoms with Gasteiger partial charge in [0.2, 0.25) is 0 Å². The van der Waals surface area contributed by atoms with Crippen LogP contribution < -0.4 is 0 Å². The molecule has 0 aromatic rings. The molecule has 0 bridgehead atoms. The maximum absolute atomic E-state index is 11.1. The molecule has 118 valence electrons. The average molecular weight is 281 g/mol. The highest BCUT2D eigenvalue weighted by Gasteiger charge is 2.41. The standard InChI is InChI=1S/C18H35NO/c1-4-15-11-7-8-12-16(15)17(20)18(2,3)19-13-9-5-6-10-14-19/h15-17,20H,4-14H2,1-3H3. The van der Waals surface area contributed by atoms with E-state index in [0.29, 0.717) is 5.92 Å². The van der Waals surface area contributed by atoms with Crippen LogP contribution in [0.5, 0.6) is 0 Å². The van der Waals surface area contributed by atoms with E-state index in [0.717, 1.165) is 5.92 Å². The maximum Gasteiger partial charge on any atom is 0.0749 e. The van der Waals surface area contributed by atoms with Crippen LogP contribution in [-0.4, -0.2) is 34.7 Å². The molecule has 1 saturated heterocycles. The Hall–Kier alpha value is -0.0800. The van der Waals surface area contributed by atoms with Crippen LogP contribution >= 0.6 is 0 Å². The first-order valence-electron chi connectivity index (χ1n) is 9.00. The third-order valence-electron chi connectivity index (χ3n) is 6.04. The first-order valence-corrected chi connectivity index (χ1v) is 9.00. The highest BCUT2D eigenvalue weighted by atomic mass is 16.3. The third-order valence-corrected chi connectivity index (χ3v) is 6.04. The van der Waals surface area contributed by atoms with Crippen LogP contribution in [0.2, 0.25) is 0 Å². The second kappa shape index (κ2) is 7.26. The lowest BCUT2D eigenvalue weighted by Gasteiger charge is -2.47. The molecule has 1 heterocycles. The lowest BCUT2D eigenvalue weighted by Crippen LogP contribution is -2.56. The van der Waals surface area contributed by atoms with Crippen molar-refractivity contribution < 1.29 is 5.11 Å². The summed E-state index contributed by atoms with van der Waals surface area (Å²) in [4.78, 5) is 2.58. The Bertz CT molecular complexity index is 281. The van der Waals surface area contributed by atoms with Gasteiger partial charge in [-0.25, -0.2) is 0 Å². The minimum atomic E-state index is -0.161.